The summed E-state index contributed by atoms with van der Waals surface area (Å²) in [4.78, 5) is 20.2. The van der Waals surface area contributed by atoms with Crippen LogP contribution >= 0.6 is 12.2 Å². The van der Waals surface area contributed by atoms with Crippen molar-refractivity contribution in [3.8, 4) is 5.69 Å². The number of pyridine rings is 1. The molecule has 1 fully saturated rings. The molecule has 1 saturated heterocycles. The Bertz CT molecular complexity index is 1070. The van der Waals surface area contributed by atoms with Crippen LogP contribution < -0.4 is 5.32 Å². The molecule has 1 aliphatic heterocycles. The van der Waals surface area contributed by atoms with E-state index in [-0.39, 0.29) is 17.6 Å². The molecular formula is C23H25N5O2S. The predicted octanol–water partition coefficient (Wildman–Crippen LogP) is 3.10. The van der Waals surface area contributed by atoms with Gasteiger partial charge in [-0.05, 0) is 74.8 Å². The second-order valence-electron chi connectivity index (χ2n) is 7.78. The zero-order chi connectivity index (χ0) is 22.0. The average molecular weight is 436 g/mol. The first-order valence-corrected chi connectivity index (χ1v) is 10.5. The number of likely N-dealkylation sites (N-methyl/N-ethyl adjacent to an activating group) is 1. The summed E-state index contributed by atoms with van der Waals surface area (Å²) in [6.07, 6.45) is 3.79. The quantitative estimate of drug-likeness (QED) is 0.553. The Morgan fingerprint density at radius 2 is 1.94 bits per heavy atom. The topological polar surface area (TPSA) is 73.6 Å². The molecule has 0 radical (unpaired) electrons. The standard InChI is InChI=1S/C23H25N5O2S/c1-26(2)14-15-28-21(20(25-23(28)31)18-6-3-4-12-24-18)19-7-5-13-27(19)17-10-8-16(9-11-17)22(29)30/h3-13,20-21H,14-15H2,1-2H3,(H,25,31)(H,29,30). The van der Waals surface area contributed by atoms with Gasteiger partial charge >= 0.3 is 5.97 Å². The number of aromatic nitrogens is 2. The van der Waals surface area contributed by atoms with Gasteiger partial charge < -0.3 is 24.8 Å². The molecule has 7 nitrogen and oxygen atoms in total. The van der Waals surface area contributed by atoms with Gasteiger partial charge in [-0.1, -0.05) is 6.07 Å². The molecule has 2 atom stereocenters. The maximum Gasteiger partial charge on any atom is 0.335 e. The number of rotatable bonds is 7. The van der Waals surface area contributed by atoms with Gasteiger partial charge in [-0.25, -0.2) is 4.79 Å². The molecule has 8 heteroatoms. The number of nitrogens with one attached hydrogen (secondary N) is 1. The third-order valence-corrected chi connectivity index (χ3v) is 5.81. The predicted molar refractivity (Wildman–Crippen MR) is 123 cm³/mol. The number of hydrogen-bond donors (Lipinski definition) is 2. The Balaban J connectivity index is 1.75. The van der Waals surface area contributed by atoms with E-state index in [4.69, 9.17) is 12.2 Å². The molecule has 3 aromatic rings. The fraction of sp³-hybridized carbons (Fsp3) is 0.261. The van der Waals surface area contributed by atoms with Gasteiger partial charge in [-0.2, -0.15) is 0 Å². The first-order chi connectivity index (χ1) is 15.0. The highest BCUT2D eigenvalue weighted by molar-refractivity contribution is 7.80. The van der Waals surface area contributed by atoms with Crippen LogP contribution in [0.2, 0.25) is 0 Å². The maximum absolute atomic E-state index is 11.2. The summed E-state index contributed by atoms with van der Waals surface area (Å²) in [7, 11) is 4.09. The van der Waals surface area contributed by atoms with Gasteiger partial charge in [-0.15, -0.1) is 0 Å². The van der Waals surface area contributed by atoms with Gasteiger partial charge in [0.05, 0.1) is 23.3 Å². The summed E-state index contributed by atoms with van der Waals surface area (Å²) >= 11 is 5.72. The highest BCUT2D eigenvalue weighted by Gasteiger charge is 2.41. The van der Waals surface area contributed by atoms with Gasteiger partial charge in [0.1, 0.15) is 0 Å². The molecule has 0 bridgehead atoms. The second kappa shape index (κ2) is 8.87. The van der Waals surface area contributed by atoms with Crippen molar-refractivity contribution in [3.63, 3.8) is 0 Å². The Morgan fingerprint density at radius 1 is 1.16 bits per heavy atom. The van der Waals surface area contributed by atoms with E-state index >= 15 is 0 Å². The summed E-state index contributed by atoms with van der Waals surface area (Å²) in [6.45, 7) is 1.64. The van der Waals surface area contributed by atoms with E-state index in [0.717, 1.165) is 30.2 Å². The molecule has 3 heterocycles. The molecule has 0 saturated carbocycles. The van der Waals surface area contributed by atoms with Gasteiger partial charge in [0.15, 0.2) is 5.11 Å². The van der Waals surface area contributed by atoms with Gasteiger partial charge in [0.25, 0.3) is 0 Å². The fourth-order valence-electron chi connectivity index (χ4n) is 3.91. The molecule has 4 rings (SSSR count). The Labute approximate surface area is 186 Å². The monoisotopic (exact) mass is 435 g/mol. The largest absolute Gasteiger partial charge is 0.478 e. The SMILES string of the molecule is CN(C)CCN1C(=S)NC(c2ccccn2)C1c1cccn1-c1ccc(C(=O)O)cc1. The van der Waals surface area contributed by atoms with E-state index in [2.05, 4.69) is 30.7 Å². The van der Waals surface area contributed by atoms with Crippen LogP contribution in [0.25, 0.3) is 5.69 Å². The second-order valence-corrected chi connectivity index (χ2v) is 8.17. The van der Waals surface area contributed by atoms with Crippen LogP contribution in [0, 0.1) is 0 Å². The lowest BCUT2D eigenvalue weighted by Crippen LogP contribution is -2.36. The number of thiocarbonyl (C=S) groups is 1. The number of nitrogens with zero attached hydrogens (tertiary/aromatic N) is 4. The van der Waals surface area contributed by atoms with Crippen LogP contribution in [-0.4, -0.2) is 62.7 Å². The van der Waals surface area contributed by atoms with Crippen molar-refractivity contribution in [2.75, 3.05) is 27.2 Å². The molecular weight excluding hydrogens is 410 g/mol. The first kappa shape index (κ1) is 21.0. The van der Waals surface area contributed by atoms with Crippen molar-refractivity contribution in [1.82, 2.24) is 24.7 Å². The molecule has 1 aromatic carbocycles. The van der Waals surface area contributed by atoms with E-state index in [1.54, 1.807) is 18.3 Å². The first-order valence-electron chi connectivity index (χ1n) is 10.1. The van der Waals surface area contributed by atoms with Crippen molar-refractivity contribution in [3.05, 3.63) is 83.9 Å². The highest BCUT2D eigenvalue weighted by atomic mass is 32.1. The fourth-order valence-corrected chi connectivity index (χ4v) is 4.24. The number of carbonyl (C=O) groups is 1. The van der Waals surface area contributed by atoms with Crippen molar-refractivity contribution in [2.24, 2.45) is 0 Å². The van der Waals surface area contributed by atoms with Gasteiger partial charge in [-0.3, -0.25) is 4.98 Å². The summed E-state index contributed by atoms with van der Waals surface area (Å²) in [5.41, 5.74) is 3.15. The Kier molecular flexibility index (Phi) is 6.01. The minimum Gasteiger partial charge on any atom is -0.478 e. The zero-order valence-corrected chi connectivity index (χ0v) is 18.3. The van der Waals surface area contributed by atoms with Crippen molar-refractivity contribution < 1.29 is 9.90 Å². The summed E-state index contributed by atoms with van der Waals surface area (Å²) in [5, 5.41) is 13.4. The van der Waals surface area contributed by atoms with Crippen molar-refractivity contribution in [2.45, 2.75) is 12.1 Å². The average Bonchev–Trinajstić information content (AvgIpc) is 3.37. The number of carboxylic acid groups (broad SMARTS) is 1. The number of carboxylic acids is 1. The van der Waals surface area contributed by atoms with Crippen LogP contribution in [0.15, 0.2) is 67.0 Å². The molecule has 2 N–H and O–H groups in total. The van der Waals surface area contributed by atoms with Crippen molar-refractivity contribution in [1.29, 1.82) is 0 Å². The van der Waals surface area contributed by atoms with Crippen molar-refractivity contribution >= 4 is 23.3 Å². The molecule has 0 aliphatic carbocycles. The van der Waals surface area contributed by atoms with Gasteiger partial charge in [0.2, 0.25) is 0 Å². The molecule has 0 amide bonds. The van der Waals surface area contributed by atoms with Gasteiger partial charge in [0, 0.05) is 36.9 Å². The van der Waals surface area contributed by atoms with E-state index in [1.807, 2.05) is 56.7 Å². The molecule has 31 heavy (non-hydrogen) atoms. The lowest BCUT2D eigenvalue weighted by Gasteiger charge is -2.29. The van der Waals surface area contributed by atoms with E-state index in [9.17, 15) is 9.90 Å². The molecule has 0 spiro atoms. The summed E-state index contributed by atoms with van der Waals surface area (Å²) in [5.74, 6) is -0.935. The normalized spacial score (nSPS) is 18.4. The number of hydrogen-bond acceptors (Lipinski definition) is 4. The minimum atomic E-state index is -0.935. The molecule has 2 unspecified atom stereocenters. The van der Waals surface area contributed by atoms with Crippen LogP contribution in [0.5, 0.6) is 0 Å². The minimum absolute atomic E-state index is 0.0588. The van der Waals surface area contributed by atoms with Crippen LogP contribution in [0.4, 0.5) is 0 Å². The van der Waals surface area contributed by atoms with E-state index in [0.29, 0.717) is 5.11 Å². The Hall–Kier alpha value is -3.23. The highest BCUT2D eigenvalue weighted by Crippen LogP contribution is 2.39. The smallest absolute Gasteiger partial charge is 0.335 e. The third-order valence-electron chi connectivity index (χ3n) is 5.46. The summed E-state index contributed by atoms with van der Waals surface area (Å²) in [6, 6.07) is 16.7. The van der Waals surface area contributed by atoms with Crippen LogP contribution in [0.1, 0.15) is 33.8 Å². The number of benzene rings is 1. The lowest BCUT2D eigenvalue weighted by molar-refractivity contribution is 0.0697. The zero-order valence-electron chi connectivity index (χ0n) is 17.5. The maximum atomic E-state index is 11.2. The van der Waals surface area contributed by atoms with E-state index < -0.39 is 5.97 Å². The number of aromatic carboxylic acids is 1. The van der Waals surface area contributed by atoms with E-state index in [1.165, 1.54) is 0 Å². The lowest BCUT2D eigenvalue weighted by atomic mass is 10.0. The molecule has 2 aromatic heterocycles. The van der Waals surface area contributed by atoms with Crippen LogP contribution in [-0.2, 0) is 0 Å². The Morgan fingerprint density at radius 3 is 2.58 bits per heavy atom. The van der Waals surface area contributed by atoms with Crippen LogP contribution in [0.3, 0.4) is 0 Å². The summed E-state index contributed by atoms with van der Waals surface area (Å²) < 4.78 is 2.09. The molecule has 1 aliphatic rings. The molecule has 160 valence electrons. The third kappa shape index (κ3) is 4.30.